The average Bonchev–Trinajstić information content (AvgIpc) is 2.33. The Morgan fingerprint density at radius 1 is 1.56 bits per heavy atom. The van der Waals surface area contributed by atoms with Gasteiger partial charge in [-0.3, -0.25) is 9.69 Å². The SMILES string of the molecule is CN1C(=O)C(C(C)(C)CCN)Oc2cccnc21. The van der Waals surface area contributed by atoms with Gasteiger partial charge in [0.05, 0.1) is 0 Å². The summed E-state index contributed by atoms with van der Waals surface area (Å²) in [6.07, 6.45) is 1.87. The van der Waals surface area contributed by atoms with Crippen LogP contribution in [0.2, 0.25) is 0 Å². The van der Waals surface area contributed by atoms with Crippen molar-refractivity contribution in [3.8, 4) is 5.75 Å². The Balaban J connectivity index is 2.35. The predicted molar refractivity (Wildman–Crippen MR) is 69.5 cm³/mol. The summed E-state index contributed by atoms with van der Waals surface area (Å²) in [6.45, 7) is 4.53. The van der Waals surface area contributed by atoms with E-state index in [1.165, 1.54) is 0 Å². The lowest BCUT2D eigenvalue weighted by atomic mass is 9.82. The highest BCUT2D eigenvalue weighted by molar-refractivity contribution is 5.98. The van der Waals surface area contributed by atoms with Crippen LogP contribution in [0.3, 0.4) is 0 Å². The number of hydrogen-bond donors (Lipinski definition) is 1. The number of hydrogen-bond acceptors (Lipinski definition) is 4. The highest BCUT2D eigenvalue weighted by Gasteiger charge is 2.42. The first-order valence-electron chi connectivity index (χ1n) is 6.06. The molecule has 0 bridgehead atoms. The van der Waals surface area contributed by atoms with Crippen LogP contribution >= 0.6 is 0 Å². The largest absolute Gasteiger partial charge is 0.476 e. The van der Waals surface area contributed by atoms with Gasteiger partial charge in [-0.1, -0.05) is 13.8 Å². The summed E-state index contributed by atoms with van der Waals surface area (Å²) in [5.41, 5.74) is 5.31. The first-order chi connectivity index (χ1) is 8.47. The van der Waals surface area contributed by atoms with Crippen LogP contribution in [-0.4, -0.2) is 30.6 Å². The number of nitrogens with two attached hydrogens (primary N) is 1. The van der Waals surface area contributed by atoms with Gasteiger partial charge in [0.15, 0.2) is 17.7 Å². The number of ether oxygens (including phenoxy) is 1. The van der Waals surface area contributed by atoms with Gasteiger partial charge in [0.25, 0.3) is 5.91 Å². The van der Waals surface area contributed by atoms with Crippen molar-refractivity contribution in [2.45, 2.75) is 26.4 Å². The number of likely N-dealkylation sites (N-methyl/N-ethyl adjacent to an activating group) is 1. The number of pyridine rings is 1. The molecule has 1 amide bonds. The Labute approximate surface area is 107 Å². The minimum atomic E-state index is -0.511. The van der Waals surface area contributed by atoms with Gasteiger partial charge in [-0.2, -0.15) is 0 Å². The third kappa shape index (κ3) is 2.06. The van der Waals surface area contributed by atoms with E-state index >= 15 is 0 Å². The Hall–Kier alpha value is -1.62. The molecule has 1 aromatic rings. The molecule has 0 saturated carbocycles. The number of amides is 1. The lowest BCUT2D eigenvalue weighted by Crippen LogP contribution is -2.52. The highest BCUT2D eigenvalue weighted by atomic mass is 16.5. The second-order valence-corrected chi connectivity index (χ2v) is 5.25. The summed E-state index contributed by atoms with van der Waals surface area (Å²) < 4.78 is 5.82. The van der Waals surface area contributed by atoms with Gasteiger partial charge < -0.3 is 10.5 Å². The fourth-order valence-corrected chi connectivity index (χ4v) is 2.18. The molecule has 1 atom stereocenters. The van der Waals surface area contributed by atoms with Gasteiger partial charge in [-0.15, -0.1) is 0 Å². The minimum absolute atomic E-state index is 0.0698. The first kappa shape index (κ1) is 12.8. The number of fused-ring (bicyclic) bond motifs is 1. The maximum Gasteiger partial charge on any atom is 0.269 e. The van der Waals surface area contributed by atoms with E-state index in [1.54, 1.807) is 24.2 Å². The molecular weight excluding hydrogens is 230 g/mol. The maximum atomic E-state index is 12.3. The zero-order valence-electron chi connectivity index (χ0n) is 11.0. The number of anilines is 1. The van der Waals surface area contributed by atoms with Crippen LogP contribution in [0.15, 0.2) is 18.3 Å². The third-order valence-corrected chi connectivity index (χ3v) is 3.37. The summed E-state index contributed by atoms with van der Waals surface area (Å²) in [7, 11) is 1.72. The van der Waals surface area contributed by atoms with Crippen LogP contribution < -0.4 is 15.4 Å². The smallest absolute Gasteiger partial charge is 0.269 e. The Bertz CT molecular complexity index is 459. The van der Waals surface area contributed by atoms with E-state index in [0.717, 1.165) is 6.42 Å². The number of rotatable bonds is 3. The third-order valence-electron chi connectivity index (χ3n) is 3.37. The van der Waals surface area contributed by atoms with Gasteiger partial charge in [0.2, 0.25) is 0 Å². The molecule has 0 aliphatic carbocycles. The highest BCUT2D eigenvalue weighted by Crippen LogP contribution is 2.37. The van der Waals surface area contributed by atoms with E-state index in [9.17, 15) is 4.79 Å². The van der Waals surface area contributed by atoms with Gasteiger partial charge in [-0.25, -0.2) is 4.98 Å². The first-order valence-corrected chi connectivity index (χ1v) is 6.06. The molecular formula is C13H19N3O2. The summed E-state index contributed by atoms with van der Waals surface area (Å²) >= 11 is 0. The molecule has 2 rings (SSSR count). The zero-order chi connectivity index (χ0) is 13.3. The van der Waals surface area contributed by atoms with Gasteiger partial charge in [0.1, 0.15) is 0 Å². The zero-order valence-corrected chi connectivity index (χ0v) is 11.0. The second-order valence-electron chi connectivity index (χ2n) is 5.25. The molecule has 2 N–H and O–H groups in total. The minimum Gasteiger partial charge on any atom is -0.476 e. The number of nitrogens with zero attached hydrogens (tertiary/aromatic N) is 2. The fraction of sp³-hybridized carbons (Fsp3) is 0.538. The van der Waals surface area contributed by atoms with E-state index in [1.807, 2.05) is 19.9 Å². The summed E-state index contributed by atoms with van der Waals surface area (Å²) in [6, 6.07) is 3.63. The molecule has 2 heterocycles. The lowest BCUT2D eigenvalue weighted by Gasteiger charge is -2.39. The molecule has 1 unspecified atom stereocenters. The molecule has 0 fully saturated rings. The van der Waals surface area contributed by atoms with E-state index in [4.69, 9.17) is 10.5 Å². The number of aromatic nitrogens is 1. The molecule has 1 aromatic heterocycles. The number of carbonyl (C=O) groups excluding carboxylic acids is 1. The standard InChI is InChI=1S/C13H19N3O2/c1-13(2,6-7-14)10-12(17)16(3)11-9(18-10)5-4-8-15-11/h4-5,8,10H,6-7,14H2,1-3H3. The lowest BCUT2D eigenvalue weighted by molar-refractivity contribution is -0.131. The molecule has 98 valence electrons. The van der Waals surface area contributed by atoms with E-state index in [2.05, 4.69) is 4.98 Å². The second kappa shape index (κ2) is 4.57. The molecule has 5 heteroatoms. The Morgan fingerprint density at radius 3 is 2.94 bits per heavy atom. The van der Waals surface area contributed by atoms with Crippen LogP contribution in [0.5, 0.6) is 5.75 Å². The molecule has 18 heavy (non-hydrogen) atoms. The van der Waals surface area contributed by atoms with Crippen LogP contribution in [0.1, 0.15) is 20.3 Å². The average molecular weight is 249 g/mol. The molecule has 1 aliphatic heterocycles. The van der Waals surface area contributed by atoms with Crippen LogP contribution in [0.4, 0.5) is 5.82 Å². The molecule has 5 nitrogen and oxygen atoms in total. The van der Waals surface area contributed by atoms with E-state index in [0.29, 0.717) is 18.1 Å². The van der Waals surface area contributed by atoms with Crippen molar-refractivity contribution >= 4 is 11.7 Å². The van der Waals surface area contributed by atoms with Crippen molar-refractivity contribution < 1.29 is 9.53 Å². The molecule has 0 spiro atoms. The molecule has 0 saturated heterocycles. The molecule has 0 aromatic carbocycles. The van der Waals surface area contributed by atoms with Crippen molar-refractivity contribution in [2.75, 3.05) is 18.5 Å². The Kier molecular flexibility index (Phi) is 3.26. The van der Waals surface area contributed by atoms with Crippen molar-refractivity contribution in [3.63, 3.8) is 0 Å². The van der Waals surface area contributed by atoms with Crippen molar-refractivity contribution in [1.29, 1.82) is 0 Å². The van der Waals surface area contributed by atoms with E-state index < -0.39 is 6.10 Å². The van der Waals surface area contributed by atoms with Crippen molar-refractivity contribution in [2.24, 2.45) is 11.1 Å². The van der Waals surface area contributed by atoms with E-state index in [-0.39, 0.29) is 11.3 Å². The summed E-state index contributed by atoms with van der Waals surface area (Å²) in [4.78, 5) is 18.1. The topological polar surface area (TPSA) is 68.5 Å². The van der Waals surface area contributed by atoms with Gasteiger partial charge >= 0.3 is 0 Å². The molecule has 1 aliphatic rings. The monoisotopic (exact) mass is 249 g/mol. The summed E-state index contributed by atoms with van der Waals surface area (Å²) in [5, 5.41) is 0. The van der Waals surface area contributed by atoms with Crippen LogP contribution in [0.25, 0.3) is 0 Å². The molecule has 0 radical (unpaired) electrons. The fourth-order valence-electron chi connectivity index (χ4n) is 2.18. The normalized spacial score (nSPS) is 19.4. The van der Waals surface area contributed by atoms with Crippen molar-refractivity contribution in [3.05, 3.63) is 18.3 Å². The van der Waals surface area contributed by atoms with Crippen molar-refractivity contribution in [1.82, 2.24) is 4.98 Å². The van der Waals surface area contributed by atoms with Gasteiger partial charge in [-0.05, 0) is 25.1 Å². The van der Waals surface area contributed by atoms with Gasteiger partial charge in [0, 0.05) is 18.7 Å². The predicted octanol–water partition coefficient (Wildman–Crippen LogP) is 1.18. The van der Waals surface area contributed by atoms with Crippen LogP contribution in [0, 0.1) is 5.41 Å². The summed E-state index contributed by atoms with van der Waals surface area (Å²) in [5.74, 6) is 1.15. The van der Waals surface area contributed by atoms with Crippen LogP contribution in [-0.2, 0) is 4.79 Å². The quantitative estimate of drug-likeness (QED) is 0.873. The Morgan fingerprint density at radius 2 is 2.28 bits per heavy atom. The number of carbonyl (C=O) groups is 1. The maximum absolute atomic E-state index is 12.3.